The van der Waals surface area contributed by atoms with Gasteiger partial charge in [0.1, 0.15) is 24.4 Å². The minimum Gasteiger partial charge on any atom is -0.790 e. The van der Waals surface area contributed by atoms with E-state index in [1.807, 2.05) is 0 Å². The number of phosphoric acid groups is 1. The second kappa shape index (κ2) is 15.7. The van der Waals surface area contributed by atoms with Gasteiger partial charge in [0.25, 0.3) is 0 Å². The van der Waals surface area contributed by atoms with Crippen LogP contribution in [0, 0.1) is 0 Å². The summed E-state index contributed by atoms with van der Waals surface area (Å²) in [4.78, 5) is 21.0. The largest absolute Gasteiger partial charge is 1.00 e. The fraction of sp³-hybridized carbons (Fsp3) is 1.00. The van der Waals surface area contributed by atoms with Gasteiger partial charge in [0.05, 0.1) is 14.4 Å². The second-order valence-corrected chi connectivity index (χ2v) is 7.05. The molecule has 1 rings (SSSR count). The van der Waals surface area contributed by atoms with Crippen molar-refractivity contribution in [3.63, 3.8) is 0 Å². The number of aliphatic hydroxyl groups excluding tert-OH is 3. The van der Waals surface area contributed by atoms with E-state index in [4.69, 9.17) is 9.47 Å². The van der Waals surface area contributed by atoms with E-state index in [9.17, 15) is 29.7 Å². The molecule has 0 aromatic carbocycles. The van der Waals surface area contributed by atoms with Crippen LogP contribution in [0.5, 0.6) is 0 Å². The van der Waals surface area contributed by atoms with E-state index in [0.717, 1.165) is 32.1 Å². The van der Waals surface area contributed by atoms with Gasteiger partial charge in [-0.05, 0) is 6.42 Å². The van der Waals surface area contributed by atoms with Crippen LogP contribution in [0.3, 0.4) is 0 Å². The van der Waals surface area contributed by atoms with E-state index in [-0.39, 0.29) is 65.7 Å². The van der Waals surface area contributed by atoms with Gasteiger partial charge in [0, 0.05) is 6.61 Å². The fourth-order valence-corrected chi connectivity index (χ4v) is 2.77. The molecule has 0 aromatic rings. The van der Waals surface area contributed by atoms with Crippen LogP contribution >= 0.6 is 7.82 Å². The molecular weight excluding hydrogens is 389 g/mol. The number of hydrogen-bond acceptors (Lipinski definition) is 9. The number of aliphatic hydroxyl groups is 3. The van der Waals surface area contributed by atoms with Crippen molar-refractivity contribution in [3.05, 3.63) is 0 Å². The maximum absolute atomic E-state index is 10.5. The van der Waals surface area contributed by atoms with Crippen LogP contribution in [0.4, 0.5) is 0 Å². The molecule has 0 spiro atoms. The minimum absolute atomic E-state index is 0. The van der Waals surface area contributed by atoms with Gasteiger partial charge in [-0.1, -0.05) is 39.0 Å². The van der Waals surface area contributed by atoms with Crippen molar-refractivity contribution in [1.82, 2.24) is 0 Å². The Bertz CT molecular complexity index is 399. The van der Waals surface area contributed by atoms with Crippen LogP contribution in [0.1, 0.15) is 45.4 Å². The number of unbranched alkanes of at least 4 members (excludes halogenated alkanes) is 5. The quantitative estimate of drug-likeness (QED) is 0.170. The molecule has 3 N–H and O–H groups in total. The Balaban J connectivity index is 0. The van der Waals surface area contributed by atoms with Gasteiger partial charge in [0.2, 0.25) is 0 Å². The van der Waals surface area contributed by atoms with Crippen LogP contribution in [0.2, 0.25) is 0 Å². The molecule has 1 aliphatic heterocycles. The fourth-order valence-electron chi connectivity index (χ4n) is 2.44. The molecule has 1 heterocycles. The van der Waals surface area contributed by atoms with E-state index >= 15 is 0 Å². The first kappa shape index (κ1) is 30.1. The SMILES string of the molecule is CCCCCCCCO[C@@H]1O[C@H](COP(=O)([O-])[O-])[C@@H](O)[C@H](O)[C@H]1O.[Na+].[Na+]. The topological polar surface area (TPSA) is 152 Å². The molecule has 26 heavy (non-hydrogen) atoms. The van der Waals surface area contributed by atoms with E-state index in [2.05, 4.69) is 11.4 Å². The number of rotatable bonds is 11. The molecule has 0 saturated carbocycles. The van der Waals surface area contributed by atoms with Gasteiger partial charge in [-0.2, -0.15) is 0 Å². The summed E-state index contributed by atoms with van der Waals surface area (Å²) in [6.45, 7) is 1.65. The molecule has 5 atom stereocenters. The molecule has 1 fully saturated rings. The third kappa shape index (κ3) is 11.8. The maximum Gasteiger partial charge on any atom is 1.00 e. The molecule has 0 radical (unpaired) electrons. The van der Waals surface area contributed by atoms with Crippen molar-refractivity contribution in [3.8, 4) is 0 Å². The Morgan fingerprint density at radius 2 is 1.54 bits per heavy atom. The van der Waals surface area contributed by atoms with E-state index in [0.29, 0.717) is 0 Å². The van der Waals surface area contributed by atoms with Gasteiger partial charge >= 0.3 is 59.1 Å². The second-order valence-electron chi connectivity index (χ2n) is 5.90. The number of hydrogen-bond donors (Lipinski definition) is 3. The first-order chi connectivity index (χ1) is 11.3. The summed E-state index contributed by atoms with van der Waals surface area (Å²) in [7, 11) is -5.23. The summed E-state index contributed by atoms with van der Waals surface area (Å²) in [5.41, 5.74) is 0. The molecule has 0 bridgehead atoms. The molecule has 1 aliphatic rings. The van der Waals surface area contributed by atoms with Gasteiger partial charge in [-0.15, -0.1) is 0 Å². The predicted molar refractivity (Wildman–Crippen MR) is 79.6 cm³/mol. The van der Waals surface area contributed by atoms with Crippen molar-refractivity contribution in [1.29, 1.82) is 0 Å². The molecule has 1 saturated heterocycles. The zero-order valence-electron chi connectivity index (χ0n) is 15.8. The Kier molecular flexibility index (Phi) is 18.2. The monoisotopic (exact) mass is 416 g/mol. The molecule has 0 amide bonds. The summed E-state index contributed by atoms with van der Waals surface area (Å²) >= 11 is 0. The van der Waals surface area contributed by atoms with Crippen molar-refractivity contribution in [2.24, 2.45) is 0 Å². The molecular formula is C14H27Na2O9P. The summed E-state index contributed by atoms with van der Waals surface area (Å²) in [5.74, 6) is 0. The summed E-state index contributed by atoms with van der Waals surface area (Å²) < 4.78 is 25.1. The summed E-state index contributed by atoms with van der Waals surface area (Å²) in [6, 6.07) is 0. The molecule has 0 aliphatic carbocycles. The smallest absolute Gasteiger partial charge is 0.790 e. The van der Waals surface area contributed by atoms with Crippen LogP contribution in [0.15, 0.2) is 0 Å². The van der Waals surface area contributed by atoms with E-state index in [1.54, 1.807) is 0 Å². The Morgan fingerprint density at radius 1 is 0.962 bits per heavy atom. The first-order valence-corrected chi connectivity index (χ1v) is 9.70. The molecule has 0 aromatic heterocycles. The minimum atomic E-state index is -5.23. The zero-order valence-corrected chi connectivity index (χ0v) is 20.7. The molecule has 12 heteroatoms. The Hall–Kier alpha value is 1.91. The third-order valence-electron chi connectivity index (χ3n) is 3.85. The number of phosphoric ester groups is 1. The normalized spacial score (nSPS) is 28.9. The molecule has 144 valence electrons. The van der Waals surface area contributed by atoms with Crippen molar-refractivity contribution in [2.75, 3.05) is 13.2 Å². The summed E-state index contributed by atoms with van der Waals surface area (Å²) in [5, 5.41) is 29.4. The van der Waals surface area contributed by atoms with Crippen LogP contribution < -0.4 is 68.9 Å². The van der Waals surface area contributed by atoms with Crippen LogP contribution in [0.25, 0.3) is 0 Å². The average Bonchev–Trinajstić information content (AvgIpc) is 2.52. The van der Waals surface area contributed by atoms with E-state index < -0.39 is 45.1 Å². The maximum atomic E-state index is 10.5. The van der Waals surface area contributed by atoms with Gasteiger partial charge < -0.3 is 43.7 Å². The van der Waals surface area contributed by atoms with Crippen molar-refractivity contribution in [2.45, 2.75) is 76.2 Å². The van der Waals surface area contributed by atoms with Crippen molar-refractivity contribution < 1.29 is 103 Å². The first-order valence-electron chi connectivity index (χ1n) is 8.24. The number of ether oxygens (including phenoxy) is 2. The Morgan fingerprint density at radius 3 is 2.12 bits per heavy atom. The van der Waals surface area contributed by atoms with Crippen molar-refractivity contribution >= 4 is 7.82 Å². The predicted octanol–water partition coefficient (Wildman–Crippen LogP) is -6.98. The summed E-state index contributed by atoms with van der Waals surface area (Å²) in [6.07, 6.45) is -0.952. The van der Waals surface area contributed by atoms with Crippen LogP contribution in [-0.2, 0) is 18.6 Å². The standard InChI is InChI=1S/C14H29O9P.2Na/c1-2-3-4-5-6-7-8-21-14-13(17)12(16)11(15)10(23-14)9-22-24(18,19)20;;/h10-17H,2-9H2,1H3,(H2,18,19,20);;/q;2*+1/p-2/t10-,11-,12+,13-,14-;;/m1../s1. The average molecular weight is 416 g/mol. The third-order valence-corrected chi connectivity index (χ3v) is 4.31. The van der Waals surface area contributed by atoms with Crippen LogP contribution in [-0.4, -0.2) is 59.2 Å². The van der Waals surface area contributed by atoms with Gasteiger partial charge in [-0.25, -0.2) is 0 Å². The molecule has 0 unspecified atom stereocenters. The van der Waals surface area contributed by atoms with Gasteiger partial charge in [-0.3, -0.25) is 0 Å². The zero-order chi connectivity index (χ0) is 18.2. The van der Waals surface area contributed by atoms with E-state index in [1.165, 1.54) is 6.42 Å². The Labute approximate surface area is 198 Å². The van der Waals surface area contributed by atoms with Gasteiger partial charge in [0.15, 0.2) is 6.29 Å². The molecule has 9 nitrogen and oxygen atoms in total.